The lowest BCUT2D eigenvalue weighted by Crippen LogP contribution is -2.24. The summed E-state index contributed by atoms with van der Waals surface area (Å²) >= 11 is 0. The third-order valence-corrected chi connectivity index (χ3v) is 4.82. The van der Waals surface area contributed by atoms with Crippen LogP contribution in [0, 0.1) is 0 Å². The van der Waals surface area contributed by atoms with Gasteiger partial charge in [0.15, 0.2) is 0 Å². The molecule has 1 fully saturated rings. The molecule has 156 valence electrons. The minimum Gasteiger partial charge on any atom is -0.494 e. The summed E-state index contributed by atoms with van der Waals surface area (Å²) in [4.78, 5) is 18.3. The second kappa shape index (κ2) is 7.81. The minimum atomic E-state index is -4.46. The molecule has 0 N–H and O–H groups in total. The summed E-state index contributed by atoms with van der Waals surface area (Å²) in [6.07, 6.45) is -4.28. The molecule has 30 heavy (non-hydrogen) atoms. The fourth-order valence-electron chi connectivity index (χ4n) is 3.36. The third-order valence-electron chi connectivity index (χ3n) is 4.82. The van der Waals surface area contributed by atoms with E-state index in [9.17, 15) is 18.0 Å². The van der Waals surface area contributed by atoms with E-state index >= 15 is 0 Å². The van der Waals surface area contributed by atoms with Crippen LogP contribution < -0.4 is 9.64 Å². The molecule has 2 heterocycles. The quantitative estimate of drug-likeness (QED) is 0.603. The van der Waals surface area contributed by atoms with E-state index in [0.29, 0.717) is 18.9 Å². The van der Waals surface area contributed by atoms with Crippen LogP contribution in [0.5, 0.6) is 5.75 Å². The van der Waals surface area contributed by atoms with Crippen molar-refractivity contribution in [2.75, 3.05) is 18.1 Å². The standard InChI is InChI=1S/C21H18F3N3O3/c1-2-29-17-8-6-16(7-9-17)27-12-14(11-18(27)28)20-25-19(26-30-20)13-4-3-5-15(10-13)21(22,23)24/h3-10,14H,2,11-12H2,1H3/t14-/m1/s1. The zero-order valence-electron chi connectivity index (χ0n) is 16.0. The van der Waals surface area contributed by atoms with E-state index in [2.05, 4.69) is 10.1 Å². The molecule has 2 aromatic carbocycles. The van der Waals surface area contributed by atoms with Crippen molar-refractivity contribution in [2.24, 2.45) is 0 Å². The number of aromatic nitrogens is 2. The zero-order valence-corrected chi connectivity index (χ0v) is 16.0. The Balaban J connectivity index is 1.51. The van der Waals surface area contributed by atoms with Crippen molar-refractivity contribution >= 4 is 11.6 Å². The second-order valence-corrected chi connectivity index (χ2v) is 6.87. The van der Waals surface area contributed by atoms with Crippen LogP contribution in [-0.2, 0) is 11.0 Å². The first-order chi connectivity index (χ1) is 14.3. The maximum Gasteiger partial charge on any atom is 0.416 e. The molecule has 6 nitrogen and oxygen atoms in total. The van der Waals surface area contributed by atoms with Gasteiger partial charge in [0.05, 0.1) is 18.1 Å². The van der Waals surface area contributed by atoms with Crippen LogP contribution >= 0.6 is 0 Å². The van der Waals surface area contributed by atoms with Crippen molar-refractivity contribution in [1.29, 1.82) is 0 Å². The molecule has 9 heteroatoms. The minimum absolute atomic E-state index is 0.0584. The Morgan fingerprint density at radius 2 is 1.97 bits per heavy atom. The van der Waals surface area contributed by atoms with E-state index < -0.39 is 11.7 Å². The average molecular weight is 417 g/mol. The molecule has 1 saturated heterocycles. The molecule has 0 aliphatic carbocycles. The number of amides is 1. The number of carbonyl (C=O) groups is 1. The summed E-state index contributed by atoms with van der Waals surface area (Å²) in [6, 6.07) is 11.9. The first-order valence-electron chi connectivity index (χ1n) is 9.39. The monoisotopic (exact) mass is 417 g/mol. The normalized spacial score (nSPS) is 16.9. The number of benzene rings is 2. The van der Waals surface area contributed by atoms with Gasteiger partial charge in [-0.2, -0.15) is 18.2 Å². The Kier molecular flexibility index (Phi) is 5.19. The van der Waals surface area contributed by atoms with E-state index in [0.717, 1.165) is 17.8 Å². The average Bonchev–Trinajstić information content (AvgIpc) is 3.35. The van der Waals surface area contributed by atoms with Gasteiger partial charge in [-0.05, 0) is 43.3 Å². The zero-order chi connectivity index (χ0) is 21.3. The molecule has 0 radical (unpaired) electrons. The maximum atomic E-state index is 12.9. The molecule has 0 saturated carbocycles. The van der Waals surface area contributed by atoms with Gasteiger partial charge in [-0.1, -0.05) is 17.3 Å². The second-order valence-electron chi connectivity index (χ2n) is 6.87. The lowest BCUT2D eigenvalue weighted by Gasteiger charge is -2.16. The lowest BCUT2D eigenvalue weighted by atomic mass is 10.1. The molecule has 1 atom stereocenters. The Morgan fingerprint density at radius 3 is 2.67 bits per heavy atom. The molecule has 0 unspecified atom stereocenters. The predicted octanol–water partition coefficient (Wildman–Crippen LogP) is 4.67. The molecule has 1 amide bonds. The number of hydrogen-bond acceptors (Lipinski definition) is 5. The molecule has 1 aliphatic heterocycles. The number of nitrogens with zero attached hydrogens (tertiary/aromatic N) is 3. The molecule has 0 spiro atoms. The molecule has 3 aromatic rings. The SMILES string of the molecule is CCOc1ccc(N2C[C@H](c3nc(-c4cccc(C(F)(F)F)c4)no3)CC2=O)cc1. The van der Waals surface area contributed by atoms with Crippen molar-refractivity contribution in [2.45, 2.75) is 25.4 Å². The first-order valence-corrected chi connectivity index (χ1v) is 9.39. The van der Waals surface area contributed by atoms with Crippen molar-refractivity contribution in [3.05, 3.63) is 60.0 Å². The number of alkyl halides is 3. The number of anilines is 1. The fourth-order valence-corrected chi connectivity index (χ4v) is 3.36. The van der Waals surface area contributed by atoms with Gasteiger partial charge in [-0.3, -0.25) is 4.79 Å². The highest BCUT2D eigenvalue weighted by Crippen LogP contribution is 2.34. The first kappa shape index (κ1) is 19.9. The largest absolute Gasteiger partial charge is 0.494 e. The van der Waals surface area contributed by atoms with Crippen molar-refractivity contribution < 1.29 is 27.2 Å². The molecule has 1 aliphatic rings. The maximum absolute atomic E-state index is 12.9. The Hall–Kier alpha value is -3.36. The number of hydrogen-bond donors (Lipinski definition) is 0. The van der Waals surface area contributed by atoms with Crippen LogP contribution in [-0.4, -0.2) is 29.2 Å². The Labute approximate surface area is 170 Å². The summed E-state index contributed by atoms with van der Waals surface area (Å²) in [6.45, 7) is 2.78. The Bertz CT molecular complexity index is 1050. The van der Waals surface area contributed by atoms with Crippen molar-refractivity contribution in [3.8, 4) is 17.1 Å². The van der Waals surface area contributed by atoms with Gasteiger partial charge in [0.2, 0.25) is 17.6 Å². The number of carbonyl (C=O) groups excluding carboxylic acids is 1. The van der Waals surface area contributed by atoms with Gasteiger partial charge in [0.25, 0.3) is 0 Å². The topological polar surface area (TPSA) is 68.5 Å². The molecule has 4 rings (SSSR count). The van der Waals surface area contributed by atoms with Gasteiger partial charge in [0, 0.05) is 24.2 Å². The summed E-state index contributed by atoms with van der Waals surface area (Å²) in [7, 11) is 0. The fraction of sp³-hybridized carbons (Fsp3) is 0.286. The highest BCUT2D eigenvalue weighted by atomic mass is 19.4. The van der Waals surface area contributed by atoms with Crippen molar-refractivity contribution in [3.63, 3.8) is 0 Å². The van der Waals surface area contributed by atoms with E-state index in [4.69, 9.17) is 9.26 Å². The van der Waals surface area contributed by atoms with E-state index in [1.165, 1.54) is 12.1 Å². The van der Waals surface area contributed by atoms with Gasteiger partial charge in [-0.25, -0.2) is 0 Å². The molecular weight excluding hydrogens is 399 g/mol. The van der Waals surface area contributed by atoms with Crippen LogP contribution in [0.2, 0.25) is 0 Å². The third kappa shape index (κ3) is 4.00. The summed E-state index contributed by atoms with van der Waals surface area (Å²) in [5, 5.41) is 3.81. The predicted molar refractivity (Wildman–Crippen MR) is 102 cm³/mol. The van der Waals surface area contributed by atoms with E-state index in [-0.39, 0.29) is 35.5 Å². The van der Waals surface area contributed by atoms with E-state index in [1.807, 2.05) is 6.92 Å². The van der Waals surface area contributed by atoms with Crippen LogP contribution in [0.3, 0.4) is 0 Å². The number of ether oxygens (including phenoxy) is 1. The molecule has 1 aromatic heterocycles. The Morgan fingerprint density at radius 1 is 1.20 bits per heavy atom. The van der Waals surface area contributed by atoms with Gasteiger partial charge in [0.1, 0.15) is 5.75 Å². The van der Waals surface area contributed by atoms with Crippen molar-refractivity contribution in [1.82, 2.24) is 10.1 Å². The van der Waals surface area contributed by atoms with Crippen LogP contribution in [0.4, 0.5) is 18.9 Å². The van der Waals surface area contributed by atoms with E-state index in [1.54, 1.807) is 29.2 Å². The van der Waals surface area contributed by atoms with Crippen LogP contribution in [0.15, 0.2) is 53.1 Å². The lowest BCUT2D eigenvalue weighted by molar-refractivity contribution is -0.137. The van der Waals surface area contributed by atoms with Gasteiger partial charge < -0.3 is 14.2 Å². The summed E-state index contributed by atoms with van der Waals surface area (Å²) in [5.74, 6) is 0.568. The summed E-state index contributed by atoms with van der Waals surface area (Å²) < 4.78 is 49.5. The smallest absolute Gasteiger partial charge is 0.416 e. The summed E-state index contributed by atoms with van der Waals surface area (Å²) in [5.41, 5.74) is 0.139. The number of halogens is 3. The highest BCUT2D eigenvalue weighted by molar-refractivity contribution is 5.96. The van der Waals surface area contributed by atoms with Crippen LogP contribution in [0.25, 0.3) is 11.4 Å². The number of rotatable bonds is 5. The van der Waals surface area contributed by atoms with Crippen LogP contribution in [0.1, 0.15) is 30.7 Å². The van der Waals surface area contributed by atoms with Gasteiger partial charge >= 0.3 is 6.18 Å². The van der Waals surface area contributed by atoms with Gasteiger partial charge in [-0.15, -0.1) is 0 Å². The highest BCUT2D eigenvalue weighted by Gasteiger charge is 2.35. The molecule has 0 bridgehead atoms. The molecular formula is C21H18F3N3O3.